The van der Waals surface area contributed by atoms with E-state index in [1.807, 2.05) is 0 Å². The van der Waals surface area contributed by atoms with Gasteiger partial charge in [0.2, 0.25) is 5.95 Å². The van der Waals surface area contributed by atoms with Crippen molar-refractivity contribution >= 4 is 21.5 Å². The lowest BCUT2D eigenvalue weighted by atomic mass is 9.99. The first-order valence-electron chi connectivity index (χ1n) is 9.59. The van der Waals surface area contributed by atoms with Crippen molar-refractivity contribution in [2.45, 2.75) is 37.8 Å². The zero-order chi connectivity index (χ0) is 21.3. The fourth-order valence-electron chi connectivity index (χ4n) is 3.53. The number of aliphatic hydroxyl groups excluding tert-OH is 1. The summed E-state index contributed by atoms with van der Waals surface area (Å²) in [7, 11) is -3.64. The van der Waals surface area contributed by atoms with E-state index in [1.165, 1.54) is 12.1 Å². The third kappa shape index (κ3) is 4.67. The van der Waals surface area contributed by atoms with Crippen molar-refractivity contribution in [3.8, 4) is 0 Å². The van der Waals surface area contributed by atoms with Crippen molar-refractivity contribution in [1.82, 2.24) is 9.97 Å². The molecule has 1 aliphatic heterocycles. The zero-order valence-electron chi connectivity index (χ0n) is 17.1. The van der Waals surface area contributed by atoms with E-state index < -0.39 is 21.8 Å². The molecule has 2 aromatic rings. The molecular formula is C20H27FN4O3S. The summed E-state index contributed by atoms with van der Waals surface area (Å²) in [5, 5.41) is 9.66. The van der Waals surface area contributed by atoms with Crippen molar-refractivity contribution in [2.75, 3.05) is 35.7 Å². The van der Waals surface area contributed by atoms with Gasteiger partial charge >= 0.3 is 0 Å². The molecule has 0 amide bonds. The Morgan fingerprint density at radius 3 is 2.38 bits per heavy atom. The van der Waals surface area contributed by atoms with E-state index in [4.69, 9.17) is 0 Å². The predicted octanol–water partition coefficient (Wildman–Crippen LogP) is 2.42. The summed E-state index contributed by atoms with van der Waals surface area (Å²) in [6, 6.07) is 4.32. The Balaban J connectivity index is 1.86. The van der Waals surface area contributed by atoms with Crippen molar-refractivity contribution in [3.63, 3.8) is 0 Å². The van der Waals surface area contributed by atoms with Crippen molar-refractivity contribution in [3.05, 3.63) is 42.0 Å². The van der Waals surface area contributed by atoms with Crippen LogP contribution in [-0.2, 0) is 9.84 Å². The number of benzene rings is 1. The molecule has 1 aromatic carbocycles. The molecule has 0 radical (unpaired) electrons. The summed E-state index contributed by atoms with van der Waals surface area (Å²) in [6.45, 7) is 7.79. The molecule has 158 valence electrons. The predicted molar refractivity (Wildman–Crippen MR) is 110 cm³/mol. The van der Waals surface area contributed by atoms with Crippen LogP contribution < -0.4 is 9.80 Å². The smallest absolute Gasteiger partial charge is 0.225 e. The van der Waals surface area contributed by atoms with Gasteiger partial charge in [-0.15, -0.1) is 0 Å². The molecule has 2 atom stereocenters. The van der Waals surface area contributed by atoms with Crippen molar-refractivity contribution in [2.24, 2.45) is 5.92 Å². The Kier molecular flexibility index (Phi) is 6.09. The van der Waals surface area contributed by atoms with Crippen LogP contribution in [0.1, 0.15) is 32.4 Å². The lowest BCUT2D eigenvalue weighted by molar-refractivity contribution is 0.198. The Hall–Kier alpha value is -2.26. The molecule has 1 saturated heterocycles. The molecule has 9 heteroatoms. The van der Waals surface area contributed by atoms with Crippen molar-refractivity contribution < 1.29 is 17.9 Å². The first-order chi connectivity index (χ1) is 13.6. The van der Waals surface area contributed by atoms with Gasteiger partial charge in [0.15, 0.2) is 9.84 Å². The lowest BCUT2D eigenvalue weighted by Gasteiger charge is -2.44. The van der Waals surface area contributed by atoms with Gasteiger partial charge < -0.3 is 14.9 Å². The quantitative estimate of drug-likeness (QED) is 0.792. The van der Waals surface area contributed by atoms with Crippen LogP contribution >= 0.6 is 0 Å². The van der Waals surface area contributed by atoms with E-state index in [9.17, 15) is 17.9 Å². The molecule has 1 aliphatic rings. The molecule has 0 spiro atoms. The largest absolute Gasteiger partial charge is 0.389 e. The highest BCUT2D eigenvalue weighted by Crippen LogP contribution is 2.28. The lowest BCUT2D eigenvalue weighted by Crippen LogP contribution is -2.56. The summed E-state index contributed by atoms with van der Waals surface area (Å²) < 4.78 is 37.7. The summed E-state index contributed by atoms with van der Waals surface area (Å²) in [4.78, 5) is 12.8. The number of anilines is 2. The summed E-state index contributed by atoms with van der Waals surface area (Å²) in [6.07, 6.45) is 3.66. The van der Waals surface area contributed by atoms with E-state index in [0.717, 1.165) is 6.26 Å². The van der Waals surface area contributed by atoms with Crippen LogP contribution in [0.15, 0.2) is 35.5 Å². The summed E-state index contributed by atoms with van der Waals surface area (Å²) >= 11 is 0. The normalized spacial score (nSPS) is 18.9. The highest BCUT2D eigenvalue weighted by Gasteiger charge is 2.31. The van der Waals surface area contributed by atoms with E-state index in [-0.39, 0.29) is 16.9 Å². The van der Waals surface area contributed by atoms with Gasteiger partial charge in [0.25, 0.3) is 0 Å². The molecule has 1 unspecified atom stereocenters. The standard InChI is InChI=1S/C20H27FN4O3S/c1-13(2)18-12-24(16-5-6-17(21)19(9-16)29(4,27)28)7-8-25(18)20-22-10-15(11-23-20)14(3)26/h5-6,9-11,13-14,18,26H,7-8,12H2,1-4H3/t14?,18-/m0/s1. The maximum atomic E-state index is 14.0. The Bertz CT molecular complexity index is 964. The first kappa shape index (κ1) is 21.4. The van der Waals surface area contributed by atoms with Gasteiger partial charge in [-0.05, 0) is 31.0 Å². The number of hydrogen-bond acceptors (Lipinski definition) is 7. The number of hydrogen-bond donors (Lipinski definition) is 1. The van der Waals surface area contributed by atoms with Gasteiger partial charge in [0.1, 0.15) is 10.7 Å². The zero-order valence-corrected chi connectivity index (χ0v) is 17.9. The monoisotopic (exact) mass is 422 g/mol. The van der Waals surface area contributed by atoms with Crippen LogP contribution in [-0.4, -0.2) is 55.4 Å². The minimum atomic E-state index is -3.64. The highest BCUT2D eigenvalue weighted by molar-refractivity contribution is 7.90. The van der Waals surface area contributed by atoms with Crippen LogP contribution in [0.5, 0.6) is 0 Å². The van der Waals surface area contributed by atoms with Gasteiger partial charge in [-0.3, -0.25) is 0 Å². The highest BCUT2D eigenvalue weighted by atomic mass is 32.2. The molecule has 29 heavy (non-hydrogen) atoms. The van der Waals surface area contributed by atoms with E-state index in [2.05, 4.69) is 33.6 Å². The van der Waals surface area contributed by atoms with Gasteiger partial charge in [0, 0.05) is 49.5 Å². The number of sulfone groups is 1. The maximum absolute atomic E-state index is 14.0. The first-order valence-corrected chi connectivity index (χ1v) is 11.5. The number of rotatable bonds is 5. The third-order valence-electron chi connectivity index (χ3n) is 5.27. The molecule has 0 aliphatic carbocycles. The molecule has 3 rings (SSSR count). The fraction of sp³-hybridized carbons (Fsp3) is 0.500. The molecule has 0 bridgehead atoms. The number of nitrogens with zero attached hydrogens (tertiary/aromatic N) is 4. The maximum Gasteiger partial charge on any atom is 0.225 e. The second-order valence-electron chi connectivity index (χ2n) is 7.83. The number of piperazine rings is 1. The van der Waals surface area contributed by atoms with E-state index >= 15 is 0 Å². The van der Waals surface area contributed by atoms with Crippen LogP contribution in [0.25, 0.3) is 0 Å². The number of halogens is 1. The van der Waals surface area contributed by atoms with Crippen molar-refractivity contribution in [1.29, 1.82) is 0 Å². The topological polar surface area (TPSA) is 86.6 Å². The van der Waals surface area contributed by atoms with Crippen LogP contribution in [0.2, 0.25) is 0 Å². The fourth-order valence-corrected chi connectivity index (χ4v) is 4.29. The number of aromatic nitrogens is 2. The third-order valence-corrected chi connectivity index (χ3v) is 6.38. The van der Waals surface area contributed by atoms with Gasteiger partial charge in [-0.25, -0.2) is 22.8 Å². The molecular weight excluding hydrogens is 395 g/mol. The summed E-state index contributed by atoms with van der Waals surface area (Å²) in [5.41, 5.74) is 1.34. The van der Waals surface area contributed by atoms with Crippen LogP contribution in [0.4, 0.5) is 16.0 Å². The average molecular weight is 423 g/mol. The van der Waals surface area contributed by atoms with Crippen LogP contribution in [0, 0.1) is 11.7 Å². The Labute approximate surface area is 171 Å². The second-order valence-corrected chi connectivity index (χ2v) is 9.81. The molecule has 1 N–H and O–H groups in total. The molecule has 1 fully saturated rings. The minimum absolute atomic E-state index is 0.0906. The molecule has 2 heterocycles. The van der Waals surface area contributed by atoms with E-state index in [1.54, 1.807) is 25.4 Å². The second kappa shape index (κ2) is 8.23. The van der Waals surface area contributed by atoms with Gasteiger partial charge in [-0.1, -0.05) is 13.8 Å². The minimum Gasteiger partial charge on any atom is -0.389 e. The van der Waals surface area contributed by atoms with E-state index in [0.29, 0.717) is 36.8 Å². The Morgan fingerprint density at radius 2 is 1.83 bits per heavy atom. The van der Waals surface area contributed by atoms with Gasteiger partial charge in [0.05, 0.1) is 12.1 Å². The summed E-state index contributed by atoms with van der Waals surface area (Å²) in [5.74, 6) is 0.151. The molecule has 1 aromatic heterocycles. The Morgan fingerprint density at radius 1 is 1.17 bits per heavy atom. The number of aliphatic hydroxyl groups is 1. The SMILES string of the molecule is CC(O)c1cnc(N2CCN(c3ccc(F)c(S(C)(=O)=O)c3)C[C@H]2C(C)C)nc1. The average Bonchev–Trinajstić information content (AvgIpc) is 2.67. The molecule has 0 saturated carbocycles. The van der Waals surface area contributed by atoms with Gasteiger partial charge in [-0.2, -0.15) is 0 Å². The molecule has 7 nitrogen and oxygen atoms in total. The van der Waals surface area contributed by atoms with Crippen LogP contribution in [0.3, 0.4) is 0 Å².